The van der Waals surface area contributed by atoms with Gasteiger partial charge in [-0.1, -0.05) is 18.2 Å². The molecule has 2 rings (SSSR count). The van der Waals surface area contributed by atoms with E-state index in [2.05, 4.69) is 10.2 Å². The maximum absolute atomic E-state index is 14.4. The summed E-state index contributed by atoms with van der Waals surface area (Å²) in [5.74, 6) is -4.19. The van der Waals surface area contributed by atoms with Crippen LogP contribution in [0, 0.1) is 17.5 Å². The molecule has 0 aliphatic rings. The van der Waals surface area contributed by atoms with Gasteiger partial charge in [-0.2, -0.15) is 0 Å². The van der Waals surface area contributed by atoms with E-state index in [4.69, 9.17) is 9.84 Å². The molecule has 0 aliphatic heterocycles. The number of aliphatic hydroxyl groups is 1. The minimum atomic E-state index is -1.35. The SMILES string of the molecule is COCC=Cc1ccc(Nc2c(C(=O)NOCCO)ccc(F)c2F)c(F)c1. The van der Waals surface area contributed by atoms with Gasteiger partial charge in [0.2, 0.25) is 0 Å². The lowest BCUT2D eigenvalue weighted by Crippen LogP contribution is -2.26. The summed E-state index contributed by atoms with van der Waals surface area (Å²) in [4.78, 5) is 16.8. The van der Waals surface area contributed by atoms with Crippen molar-refractivity contribution < 1.29 is 32.6 Å². The highest BCUT2D eigenvalue weighted by Gasteiger charge is 2.20. The number of nitrogens with one attached hydrogen (secondary N) is 2. The minimum absolute atomic E-state index is 0.154. The number of amides is 1. The van der Waals surface area contributed by atoms with Gasteiger partial charge in [-0.3, -0.25) is 9.63 Å². The zero-order valence-electron chi connectivity index (χ0n) is 15.0. The second kappa shape index (κ2) is 10.5. The Morgan fingerprint density at radius 2 is 1.96 bits per heavy atom. The van der Waals surface area contributed by atoms with Crippen LogP contribution in [0.3, 0.4) is 0 Å². The summed E-state index contributed by atoms with van der Waals surface area (Å²) in [6.45, 7) is -0.183. The monoisotopic (exact) mass is 396 g/mol. The van der Waals surface area contributed by atoms with Crippen molar-refractivity contribution in [1.29, 1.82) is 0 Å². The summed E-state index contributed by atoms with van der Waals surface area (Å²) in [5, 5.41) is 11.1. The quantitative estimate of drug-likeness (QED) is 0.448. The number of aliphatic hydroxyl groups excluding tert-OH is 1. The molecule has 2 aromatic rings. The van der Waals surface area contributed by atoms with Gasteiger partial charge in [-0.25, -0.2) is 18.7 Å². The fourth-order valence-corrected chi connectivity index (χ4v) is 2.23. The topological polar surface area (TPSA) is 79.8 Å². The van der Waals surface area contributed by atoms with Crippen LogP contribution in [0.4, 0.5) is 24.5 Å². The standard InChI is InChI=1S/C19H19F3N2O4/c1-27-9-2-3-12-4-7-16(15(21)11-12)23-18-13(5-6-14(20)17(18)22)19(26)24-28-10-8-25/h2-7,11,23,25H,8-10H2,1H3,(H,24,26). The molecule has 0 bridgehead atoms. The van der Waals surface area contributed by atoms with E-state index >= 15 is 0 Å². The van der Waals surface area contributed by atoms with Crippen LogP contribution in [0.1, 0.15) is 15.9 Å². The number of carbonyl (C=O) groups is 1. The van der Waals surface area contributed by atoms with Crippen molar-refractivity contribution in [1.82, 2.24) is 5.48 Å². The highest BCUT2D eigenvalue weighted by molar-refractivity contribution is 6.00. The minimum Gasteiger partial charge on any atom is -0.394 e. The Morgan fingerprint density at radius 3 is 2.64 bits per heavy atom. The predicted molar refractivity (Wildman–Crippen MR) is 97.5 cm³/mol. The summed E-state index contributed by atoms with van der Waals surface area (Å²) >= 11 is 0. The number of rotatable bonds is 9. The molecule has 1 amide bonds. The van der Waals surface area contributed by atoms with Crippen LogP contribution >= 0.6 is 0 Å². The van der Waals surface area contributed by atoms with Crippen molar-refractivity contribution >= 4 is 23.4 Å². The molecule has 28 heavy (non-hydrogen) atoms. The van der Waals surface area contributed by atoms with E-state index in [1.54, 1.807) is 18.2 Å². The lowest BCUT2D eigenvalue weighted by Gasteiger charge is -2.14. The number of carbonyl (C=O) groups excluding carboxylic acids is 1. The Kier molecular flexibility index (Phi) is 8.00. The molecule has 9 heteroatoms. The molecule has 0 radical (unpaired) electrons. The third-order valence-corrected chi connectivity index (χ3v) is 3.52. The fraction of sp³-hybridized carbons (Fsp3) is 0.211. The first-order valence-electron chi connectivity index (χ1n) is 8.21. The van der Waals surface area contributed by atoms with E-state index < -0.39 is 29.0 Å². The van der Waals surface area contributed by atoms with Crippen molar-refractivity contribution in [3.8, 4) is 0 Å². The lowest BCUT2D eigenvalue weighted by molar-refractivity contribution is 0.0168. The van der Waals surface area contributed by atoms with E-state index in [-0.39, 0.29) is 24.5 Å². The Bertz CT molecular complexity index is 859. The van der Waals surface area contributed by atoms with Crippen LogP contribution in [-0.4, -0.2) is 37.9 Å². The number of halogens is 3. The molecular formula is C19H19F3N2O4. The number of anilines is 2. The molecule has 0 aromatic heterocycles. The van der Waals surface area contributed by atoms with Crippen molar-refractivity contribution in [3.63, 3.8) is 0 Å². The first-order chi connectivity index (χ1) is 13.5. The molecule has 0 saturated carbocycles. The second-order valence-corrected chi connectivity index (χ2v) is 5.51. The fourth-order valence-electron chi connectivity index (χ4n) is 2.23. The first-order valence-corrected chi connectivity index (χ1v) is 8.21. The Morgan fingerprint density at radius 1 is 1.18 bits per heavy atom. The van der Waals surface area contributed by atoms with Crippen LogP contribution < -0.4 is 10.8 Å². The molecule has 6 nitrogen and oxygen atoms in total. The molecule has 0 unspecified atom stereocenters. The highest BCUT2D eigenvalue weighted by atomic mass is 19.2. The van der Waals surface area contributed by atoms with E-state index in [0.29, 0.717) is 12.2 Å². The van der Waals surface area contributed by atoms with E-state index in [9.17, 15) is 18.0 Å². The summed E-state index contributed by atoms with van der Waals surface area (Å²) < 4.78 is 47.1. The van der Waals surface area contributed by atoms with Gasteiger partial charge >= 0.3 is 0 Å². The first kappa shape index (κ1) is 21.4. The normalized spacial score (nSPS) is 11.0. The number of hydrogen-bond acceptors (Lipinski definition) is 5. The van der Waals surface area contributed by atoms with Gasteiger partial charge in [-0.05, 0) is 29.8 Å². The van der Waals surface area contributed by atoms with Crippen LogP contribution in [0.25, 0.3) is 6.08 Å². The molecule has 3 N–H and O–H groups in total. The average molecular weight is 396 g/mol. The molecule has 0 atom stereocenters. The van der Waals surface area contributed by atoms with Crippen LogP contribution in [0.15, 0.2) is 36.4 Å². The van der Waals surface area contributed by atoms with Crippen LogP contribution in [0.5, 0.6) is 0 Å². The number of methoxy groups -OCH3 is 1. The largest absolute Gasteiger partial charge is 0.394 e. The summed E-state index contributed by atoms with van der Waals surface area (Å²) in [7, 11) is 1.52. The van der Waals surface area contributed by atoms with Crippen molar-refractivity contribution in [3.05, 3.63) is 65.0 Å². The van der Waals surface area contributed by atoms with Crippen LogP contribution in [-0.2, 0) is 9.57 Å². The second-order valence-electron chi connectivity index (χ2n) is 5.51. The lowest BCUT2D eigenvalue weighted by atomic mass is 10.1. The highest BCUT2D eigenvalue weighted by Crippen LogP contribution is 2.28. The Labute approximate surface area is 159 Å². The number of hydrogen-bond donors (Lipinski definition) is 3. The maximum atomic E-state index is 14.4. The van der Waals surface area contributed by atoms with Gasteiger partial charge in [0.25, 0.3) is 5.91 Å². The van der Waals surface area contributed by atoms with Crippen molar-refractivity contribution in [2.45, 2.75) is 0 Å². The summed E-state index contributed by atoms with van der Waals surface area (Å²) in [5.41, 5.74) is 1.51. The predicted octanol–water partition coefficient (Wildman–Crippen LogP) is 3.16. The van der Waals surface area contributed by atoms with E-state index in [1.807, 2.05) is 5.48 Å². The van der Waals surface area contributed by atoms with Gasteiger partial charge in [-0.15, -0.1) is 0 Å². The zero-order valence-corrected chi connectivity index (χ0v) is 15.0. The van der Waals surface area contributed by atoms with Gasteiger partial charge < -0.3 is 15.2 Å². The van der Waals surface area contributed by atoms with Gasteiger partial charge in [0, 0.05) is 7.11 Å². The zero-order chi connectivity index (χ0) is 20.5. The summed E-state index contributed by atoms with van der Waals surface area (Å²) in [6.07, 6.45) is 3.32. The van der Waals surface area contributed by atoms with Gasteiger partial charge in [0.05, 0.1) is 36.8 Å². The van der Waals surface area contributed by atoms with E-state index in [0.717, 1.165) is 12.1 Å². The number of ether oxygens (including phenoxy) is 1. The third kappa shape index (κ3) is 5.56. The molecule has 0 saturated heterocycles. The molecular weight excluding hydrogens is 377 g/mol. The summed E-state index contributed by atoms with van der Waals surface area (Å²) in [6, 6.07) is 5.87. The van der Waals surface area contributed by atoms with E-state index in [1.165, 1.54) is 19.2 Å². The van der Waals surface area contributed by atoms with Crippen molar-refractivity contribution in [2.24, 2.45) is 0 Å². The smallest absolute Gasteiger partial charge is 0.277 e. The molecule has 2 aromatic carbocycles. The van der Waals surface area contributed by atoms with Crippen molar-refractivity contribution in [2.75, 3.05) is 32.2 Å². The molecule has 0 heterocycles. The van der Waals surface area contributed by atoms with Gasteiger partial charge in [0.1, 0.15) is 5.82 Å². The Hall–Kier alpha value is -2.88. The maximum Gasteiger partial charge on any atom is 0.277 e. The van der Waals surface area contributed by atoms with Gasteiger partial charge in [0.15, 0.2) is 11.6 Å². The Balaban J connectivity index is 2.29. The number of hydroxylamine groups is 1. The van der Waals surface area contributed by atoms with Crippen LogP contribution in [0.2, 0.25) is 0 Å². The molecule has 150 valence electrons. The molecule has 0 aliphatic carbocycles. The number of benzene rings is 2. The third-order valence-electron chi connectivity index (χ3n) is 3.52. The average Bonchev–Trinajstić information content (AvgIpc) is 2.67. The molecule has 0 fully saturated rings. The molecule has 0 spiro atoms.